The highest BCUT2D eigenvalue weighted by Gasteiger charge is 2.10. The SMILES string of the molecule is N#CCc1cc(F)cc(-c2c(Cl)cccc2Cl)c1. The van der Waals surface area contributed by atoms with Gasteiger partial charge in [0.2, 0.25) is 0 Å². The molecule has 0 heterocycles. The fourth-order valence-corrected chi connectivity index (χ4v) is 2.38. The van der Waals surface area contributed by atoms with Crippen LogP contribution in [0.3, 0.4) is 0 Å². The Morgan fingerprint density at radius 1 is 1.11 bits per heavy atom. The third kappa shape index (κ3) is 2.64. The number of hydrogen-bond donors (Lipinski definition) is 0. The van der Waals surface area contributed by atoms with Crippen LogP contribution in [-0.4, -0.2) is 0 Å². The molecule has 0 N–H and O–H groups in total. The monoisotopic (exact) mass is 279 g/mol. The van der Waals surface area contributed by atoms with Crippen LogP contribution in [0.15, 0.2) is 36.4 Å². The molecule has 4 heteroatoms. The maximum absolute atomic E-state index is 13.5. The average Bonchev–Trinajstić information content (AvgIpc) is 2.28. The molecule has 0 bridgehead atoms. The van der Waals surface area contributed by atoms with E-state index in [1.165, 1.54) is 12.1 Å². The lowest BCUT2D eigenvalue weighted by Crippen LogP contribution is -1.89. The first-order chi connectivity index (χ1) is 8.61. The summed E-state index contributed by atoms with van der Waals surface area (Å²) in [7, 11) is 0. The third-order valence-electron chi connectivity index (χ3n) is 2.49. The molecule has 2 rings (SSSR count). The van der Waals surface area contributed by atoms with Gasteiger partial charge < -0.3 is 0 Å². The molecular weight excluding hydrogens is 272 g/mol. The zero-order chi connectivity index (χ0) is 13.1. The Morgan fingerprint density at radius 3 is 2.39 bits per heavy atom. The molecule has 2 aromatic carbocycles. The second kappa shape index (κ2) is 5.39. The number of nitriles is 1. The first-order valence-corrected chi connectivity index (χ1v) is 5.98. The molecule has 0 aliphatic heterocycles. The quantitative estimate of drug-likeness (QED) is 0.770. The largest absolute Gasteiger partial charge is 0.207 e. The average molecular weight is 280 g/mol. The Labute approximate surface area is 114 Å². The molecule has 0 saturated heterocycles. The van der Waals surface area contributed by atoms with Gasteiger partial charge >= 0.3 is 0 Å². The van der Waals surface area contributed by atoms with Crippen LogP contribution in [0.5, 0.6) is 0 Å². The lowest BCUT2D eigenvalue weighted by Gasteiger charge is -2.08. The van der Waals surface area contributed by atoms with E-state index in [4.69, 9.17) is 28.5 Å². The number of halogens is 3. The Hall–Kier alpha value is -1.56. The van der Waals surface area contributed by atoms with Crippen molar-refractivity contribution in [2.45, 2.75) is 6.42 Å². The summed E-state index contributed by atoms with van der Waals surface area (Å²) in [6.45, 7) is 0. The highest BCUT2D eigenvalue weighted by Crippen LogP contribution is 2.35. The van der Waals surface area contributed by atoms with Crippen LogP contribution in [0.2, 0.25) is 10.0 Å². The smallest absolute Gasteiger partial charge is 0.124 e. The van der Waals surface area contributed by atoms with Crippen LogP contribution in [0, 0.1) is 17.1 Å². The van der Waals surface area contributed by atoms with E-state index in [1.807, 2.05) is 6.07 Å². The predicted molar refractivity (Wildman–Crippen MR) is 71.2 cm³/mol. The molecule has 18 heavy (non-hydrogen) atoms. The van der Waals surface area contributed by atoms with Crippen LogP contribution in [0.25, 0.3) is 11.1 Å². The van der Waals surface area contributed by atoms with Gasteiger partial charge in [-0.25, -0.2) is 4.39 Å². The molecule has 0 atom stereocenters. The van der Waals surface area contributed by atoms with Gasteiger partial charge in [0.05, 0.1) is 12.5 Å². The zero-order valence-electron chi connectivity index (χ0n) is 9.25. The van der Waals surface area contributed by atoms with Gasteiger partial charge in [0.1, 0.15) is 5.82 Å². The second-order valence-corrected chi connectivity index (χ2v) is 4.59. The van der Waals surface area contributed by atoms with Gasteiger partial charge in [0, 0.05) is 15.6 Å². The van der Waals surface area contributed by atoms with Gasteiger partial charge in [-0.3, -0.25) is 0 Å². The van der Waals surface area contributed by atoms with E-state index in [1.54, 1.807) is 24.3 Å². The summed E-state index contributed by atoms with van der Waals surface area (Å²) in [6.07, 6.45) is 0.146. The van der Waals surface area contributed by atoms with Crippen LogP contribution in [-0.2, 0) is 6.42 Å². The minimum absolute atomic E-state index is 0.146. The summed E-state index contributed by atoms with van der Waals surface area (Å²) < 4.78 is 13.5. The molecule has 2 aromatic rings. The maximum atomic E-state index is 13.5. The van der Waals surface area contributed by atoms with Crippen molar-refractivity contribution in [1.82, 2.24) is 0 Å². The Bertz CT molecular complexity index is 612. The summed E-state index contributed by atoms with van der Waals surface area (Å²) in [4.78, 5) is 0. The van der Waals surface area contributed by atoms with Crippen molar-refractivity contribution in [3.8, 4) is 17.2 Å². The van der Waals surface area contributed by atoms with Gasteiger partial charge in [-0.1, -0.05) is 29.3 Å². The van der Waals surface area contributed by atoms with E-state index < -0.39 is 5.82 Å². The van der Waals surface area contributed by atoms with Crippen LogP contribution in [0.1, 0.15) is 5.56 Å². The fourth-order valence-electron chi connectivity index (χ4n) is 1.76. The zero-order valence-corrected chi connectivity index (χ0v) is 10.8. The number of benzene rings is 2. The molecule has 0 fully saturated rings. The molecule has 0 spiro atoms. The van der Waals surface area contributed by atoms with Crippen LogP contribution >= 0.6 is 23.2 Å². The van der Waals surface area contributed by atoms with E-state index in [0.717, 1.165) is 0 Å². The van der Waals surface area contributed by atoms with E-state index >= 15 is 0 Å². The fraction of sp³-hybridized carbons (Fsp3) is 0.0714. The Balaban J connectivity index is 2.61. The van der Waals surface area contributed by atoms with E-state index in [9.17, 15) is 4.39 Å². The molecule has 0 aliphatic rings. The van der Waals surface area contributed by atoms with Gasteiger partial charge in [-0.15, -0.1) is 0 Å². The third-order valence-corrected chi connectivity index (χ3v) is 3.12. The first-order valence-electron chi connectivity index (χ1n) is 5.22. The van der Waals surface area contributed by atoms with Crippen molar-refractivity contribution in [3.05, 3.63) is 57.8 Å². The van der Waals surface area contributed by atoms with Crippen molar-refractivity contribution >= 4 is 23.2 Å². The van der Waals surface area contributed by atoms with Gasteiger partial charge in [-0.2, -0.15) is 5.26 Å². The highest BCUT2D eigenvalue weighted by molar-refractivity contribution is 6.39. The van der Waals surface area contributed by atoms with E-state index in [0.29, 0.717) is 26.7 Å². The number of nitrogens with zero attached hydrogens (tertiary/aromatic N) is 1. The second-order valence-electron chi connectivity index (χ2n) is 3.78. The predicted octanol–water partition coefficient (Wildman–Crippen LogP) is 4.87. The van der Waals surface area contributed by atoms with Crippen molar-refractivity contribution in [2.75, 3.05) is 0 Å². The van der Waals surface area contributed by atoms with Crippen molar-refractivity contribution in [1.29, 1.82) is 5.26 Å². The molecule has 90 valence electrons. The van der Waals surface area contributed by atoms with Gasteiger partial charge in [-0.05, 0) is 41.5 Å². The highest BCUT2D eigenvalue weighted by atomic mass is 35.5. The lowest BCUT2D eigenvalue weighted by molar-refractivity contribution is 0.626. The molecule has 0 radical (unpaired) electrons. The van der Waals surface area contributed by atoms with Crippen molar-refractivity contribution in [2.24, 2.45) is 0 Å². The molecule has 1 nitrogen and oxygen atoms in total. The molecule has 0 amide bonds. The molecule has 0 aliphatic carbocycles. The van der Waals surface area contributed by atoms with E-state index in [2.05, 4.69) is 0 Å². The van der Waals surface area contributed by atoms with Gasteiger partial charge in [0.15, 0.2) is 0 Å². The normalized spacial score (nSPS) is 10.1. The Morgan fingerprint density at radius 2 is 1.78 bits per heavy atom. The molecule has 0 unspecified atom stereocenters. The lowest BCUT2D eigenvalue weighted by atomic mass is 10.0. The van der Waals surface area contributed by atoms with Crippen molar-refractivity contribution < 1.29 is 4.39 Å². The number of hydrogen-bond acceptors (Lipinski definition) is 1. The minimum Gasteiger partial charge on any atom is -0.207 e. The minimum atomic E-state index is -0.409. The molecule has 0 saturated carbocycles. The topological polar surface area (TPSA) is 23.8 Å². The first kappa shape index (κ1) is 12.9. The van der Waals surface area contributed by atoms with E-state index in [-0.39, 0.29) is 6.42 Å². The van der Waals surface area contributed by atoms with Crippen molar-refractivity contribution in [3.63, 3.8) is 0 Å². The summed E-state index contributed by atoms with van der Waals surface area (Å²) in [6, 6.07) is 11.5. The number of rotatable bonds is 2. The van der Waals surface area contributed by atoms with Crippen LogP contribution in [0.4, 0.5) is 4.39 Å². The Kier molecular flexibility index (Phi) is 3.86. The van der Waals surface area contributed by atoms with Crippen LogP contribution < -0.4 is 0 Å². The standard InChI is InChI=1S/C14H8Cl2FN/c15-12-2-1-3-13(16)14(12)10-6-9(4-5-18)7-11(17)8-10/h1-3,6-8H,4H2. The summed E-state index contributed by atoms with van der Waals surface area (Å²) in [5, 5.41) is 9.57. The summed E-state index contributed by atoms with van der Waals surface area (Å²) in [5.74, 6) is -0.409. The van der Waals surface area contributed by atoms with Gasteiger partial charge in [0.25, 0.3) is 0 Å². The molecule has 0 aromatic heterocycles. The maximum Gasteiger partial charge on any atom is 0.124 e. The summed E-state index contributed by atoms with van der Waals surface area (Å²) >= 11 is 12.1. The molecular formula is C14H8Cl2FN. The summed E-state index contributed by atoms with van der Waals surface area (Å²) in [5.41, 5.74) is 1.76.